The lowest BCUT2D eigenvalue weighted by Crippen LogP contribution is -2.18. The van der Waals surface area contributed by atoms with Gasteiger partial charge in [0.2, 0.25) is 0 Å². The van der Waals surface area contributed by atoms with Crippen LogP contribution >= 0.6 is 0 Å². The Balaban J connectivity index is 1.84. The van der Waals surface area contributed by atoms with Crippen LogP contribution < -0.4 is 10.5 Å². The van der Waals surface area contributed by atoms with E-state index in [9.17, 15) is 0 Å². The van der Waals surface area contributed by atoms with Crippen molar-refractivity contribution in [2.75, 3.05) is 7.11 Å². The van der Waals surface area contributed by atoms with Gasteiger partial charge in [0.1, 0.15) is 11.6 Å². The van der Waals surface area contributed by atoms with Gasteiger partial charge in [-0.3, -0.25) is 0 Å². The van der Waals surface area contributed by atoms with Gasteiger partial charge in [-0.15, -0.1) is 0 Å². The van der Waals surface area contributed by atoms with E-state index in [4.69, 9.17) is 10.5 Å². The quantitative estimate of drug-likeness (QED) is 0.786. The topological polar surface area (TPSA) is 53.1 Å². The molecule has 2 aromatic carbocycles. The molecule has 22 heavy (non-hydrogen) atoms. The summed E-state index contributed by atoms with van der Waals surface area (Å²) in [6.07, 6.45) is 4.47. The first-order chi connectivity index (χ1) is 10.8. The lowest BCUT2D eigenvalue weighted by Gasteiger charge is -2.14. The highest BCUT2D eigenvalue weighted by molar-refractivity contribution is 5.38. The molecule has 112 valence electrons. The van der Waals surface area contributed by atoms with Gasteiger partial charge in [0.25, 0.3) is 0 Å². The Morgan fingerprint density at radius 1 is 1.09 bits per heavy atom. The maximum atomic E-state index is 6.36. The van der Waals surface area contributed by atoms with Gasteiger partial charge in [0, 0.05) is 18.1 Å². The minimum atomic E-state index is -0.153. The lowest BCUT2D eigenvalue weighted by molar-refractivity contribution is 0.414. The first-order valence-electron chi connectivity index (χ1n) is 7.25. The van der Waals surface area contributed by atoms with E-state index in [0.29, 0.717) is 0 Å². The molecule has 0 saturated carbocycles. The number of rotatable bonds is 5. The highest BCUT2D eigenvalue weighted by atomic mass is 16.5. The number of aromatic nitrogens is 2. The number of methoxy groups -OCH3 is 1. The molecule has 0 aliphatic carbocycles. The van der Waals surface area contributed by atoms with Gasteiger partial charge >= 0.3 is 0 Å². The third-order valence-corrected chi connectivity index (χ3v) is 3.65. The van der Waals surface area contributed by atoms with Crippen molar-refractivity contribution in [2.45, 2.75) is 12.5 Å². The maximum absolute atomic E-state index is 6.36. The molecule has 0 spiro atoms. The van der Waals surface area contributed by atoms with Crippen LogP contribution in [-0.4, -0.2) is 16.7 Å². The van der Waals surface area contributed by atoms with Crippen LogP contribution in [-0.2, 0) is 6.42 Å². The summed E-state index contributed by atoms with van der Waals surface area (Å²) in [6, 6.07) is 17.9. The SMILES string of the molecule is COc1ccc(-n2ccnc2[C@@H](N)Cc2ccccc2)cc1. The molecule has 0 saturated heterocycles. The van der Waals surface area contributed by atoms with Crippen LogP contribution in [0.4, 0.5) is 0 Å². The standard InChI is InChI=1S/C18H19N3O/c1-22-16-9-7-15(8-10-16)21-12-11-20-18(21)17(19)13-14-5-3-2-4-6-14/h2-12,17H,13,19H2,1H3/t17-/m0/s1. The Kier molecular flexibility index (Phi) is 4.21. The predicted octanol–water partition coefficient (Wildman–Crippen LogP) is 3.12. The summed E-state index contributed by atoms with van der Waals surface area (Å²) in [5.74, 6) is 1.69. The number of nitrogens with two attached hydrogens (primary N) is 1. The minimum absolute atomic E-state index is 0.153. The van der Waals surface area contributed by atoms with E-state index in [1.165, 1.54) is 5.56 Å². The van der Waals surface area contributed by atoms with Gasteiger partial charge in [-0.2, -0.15) is 0 Å². The van der Waals surface area contributed by atoms with Crippen molar-refractivity contribution >= 4 is 0 Å². The van der Waals surface area contributed by atoms with Crippen molar-refractivity contribution in [3.63, 3.8) is 0 Å². The fourth-order valence-corrected chi connectivity index (χ4v) is 2.51. The second-order valence-electron chi connectivity index (χ2n) is 5.15. The molecule has 1 aromatic heterocycles. The normalized spacial score (nSPS) is 12.1. The molecule has 0 aliphatic rings. The van der Waals surface area contributed by atoms with Gasteiger partial charge in [0.05, 0.1) is 13.2 Å². The van der Waals surface area contributed by atoms with Crippen LogP contribution in [0.25, 0.3) is 5.69 Å². The highest BCUT2D eigenvalue weighted by Crippen LogP contribution is 2.20. The molecular weight excluding hydrogens is 274 g/mol. The van der Waals surface area contributed by atoms with E-state index >= 15 is 0 Å². The van der Waals surface area contributed by atoms with Crippen molar-refractivity contribution in [1.29, 1.82) is 0 Å². The molecule has 1 heterocycles. The summed E-state index contributed by atoms with van der Waals surface area (Å²) in [5.41, 5.74) is 8.59. The fraction of sp³-hybridized carbons (Fsp3) is 0.167. The molecule has 4 nitrogen and oxygen atoms in total. The highest BCUT2D eigenvalue weighted by Gasteiger charge is 2.14. The zero-order chi connectivity index (χ0) is 15.4. The predicted molar refractivity (Wildman–Crippen MR) is 87.2 cm³/mol. The molecule has 3 aromatic rings. The van der Waals surface area contributed by atoms with Crippen LogP contribution in [0.15, 0.2) is 67.0 Å². The van der Waals surface area contributed by atoms with Crippen LogP contribution in [0.2, 0.25) is 0 Å². The zero-order valence-electron chi connectivity index (χ0n) is 12.5. The van der Waals surface area contributed by atoms with E-state index in [0.717, 1.165) is 23.7 Å². The molecule has 0 bridgehead atoms. The van der Waals surface area contributed by atoms with Crippen LogP contribution in [0.1, 0.15) is 17.4 Å². The Morgan fingerprint density at radius 2 is 1.82 bits per heavy atom. The smallest absolute Gasteiger partial charge is 0.130 e. The van der Waals surface area contributed by atoms with E-state index in [2.05, 4.69) is 17.1 Å². The summed E-state index contributed by atoms with van der Waals surface area (Å²) < 4.78 is 7.21. The fourth-order valence-electron chi connectivity index (χ4n) is 2.51. The van der Waals surface area contributed by atoms with Gasteiger partial charge in [-0.1, -0.05) is 30.3 Å². The Morgan fingerprint density at radius 3 is 2.50 bits per heavy atom. The van der Waals surface area contributed by atoms with E-state index in [1.807, 2.05) is 53.2 Å². The maximum Gasteiger partial charge on any atom is 0.130 e. The third kappa shape index (κ3) is 3.02. The first-order valence-corrected chi connectivity index (χ1v) is 7.25. The van der Waals surface area contributed by atoms with Crippen LogP contribution in [0, 0.1) is 0 Å². The monoisotopic (exact) mass is 293 g/mol. The molecule has 2 N–H and O–H groups in total. The van der Waals surface area contributed by atoms with Crippen molar-refractivity contribution in [3.05, 3.63) is 78.4 Å². The van der Waals surface area contributed by atoms with Crippen molar-refractivity contribution < 1.29 is 4.74 Å². The molecule has 0 fully saturated rings. The van der Waals surface area contributed by atoms with Gasteiger partial charge < -0.3 is 15.0 Å². The Bertz CT molecular complexity index is 720. The molecule has 0 aliphatic heterocycles. The van der Waals surface area contributed by atoms with Gasteiger partial charge in [-0.25, -0.2) is 4.98 Å². The molecule has 4 heteroatoms. The summed E-state index contributed by atoms with van der Waals surface area (Å²) >= 11 is 0. The second-order valence-corrected chi connectivity index (χ2v) is 5.15. The molecule has 1 atom stereocenters. The number of benzene rings is 2. The van der Waals surface area contributed by atoms with E-state index in [-0.39, 0.29) is 6.04 Å². The van der Waals surface area contributed by atoms with Crippen molar-refractivity contribution in [2.24, 2.45) is 5.73 Å². The second kappa shape index (κ2) is 6.45. The summed E-state index contributed by atoms with van der Waals surface area (Å²) in [7, 11) is 1.66. The van der Waals surface area contributed by atoms with Crippen LogP contribution in [0.5, 0.6) is 5.75 Å². The minimum Gasteiger partial charge on any atom is -0.497 e. The molecule has 0 unspecified atom stereocenters. The van der Waals surface area contributed by atoms with E-state index in [1.54, 1.807) is 13.3 Å². The summed E-state index contributed by atoms with van der Waals surface area (Å²) in [6.45, 7) is 0. The summed E-state index contributed by atoms with van der Waals surface area (Å²) in [5, 5.41) is 0. The van der Waals surface area contributed by atoms with E-state index < -0.39 is 0 Å². The Hall–Kier alpha value is -2.59. The zero-order valence-corrected chi connectivity index (χ0v) is 12.5. The average molecular weight is 293 g/mol. The van der Waals surface area contributed by atoms with Gasteiger partial charge in [0.15, 0.2) is 0 Å². The van der Waals surface area contributed by atoms with Gasteiger partial charge in [-0.05, 0) is 36.2 Å². The molecule has 0 radical (unpaired) electrons. The van der Waals surface area contributed by atoms with Crippen LogP contribution in [0.3, 0.4) is 0 Å². The molecule has 0 amide bonds. The average Bonchev–Trinajstić information content (AvgIpc) is 3.05. The first kappa shape index (κ1) is 14.4. The number of nitrogens with zero attached hydrogens (tertiary/aromatic N) is 2. The summed E-state index contributed by atoms with van der Waals surface area (Å²) in [4.78, 5) is 4.44. The number of hydrogen-bond donors (Lipinski definition) is 1. The van der Waals surface area contributed by atoms with Crippen molar-refractivity contribution in [1.82, 2.24) is 9.55 Å². The lowest BCUT2D eigenvalue weighted by atomic mass is 10.1. The molecule has 3 rings (SSSR count). The number of hydrogen-bond acceptors (Lipinski definition) is 3. The number of imidazole rings is 1. The molecular formula is C18H19N3O. The Labute approximate surface area is 130 Å². The third-order valence-electron chi connectivity index (χ3n) is 3.65. The number of ether oxygens (including phenoxy) is 1. The largest absolute Gasteiger partial charge is 0.497 e. The van der Waals surface area contributed by atoms with Crippen molar-refractivity contribution in [3.8, 4) is 11.4 Å².